The van der Waals surface area contributed by atoms with Crippen LogP contribution in [0, 0.1) is 0 Å². The minimum Gasteiger partial charge on any atom is -0.354 e. The molecule has 1 N–H and O–H groups in total. The van der Waals surface area contributed by atoms with Gasteiger partial charge in [0.05, 0.1) is 5.69 Å². The van der Waals surface area contributed by atoms with Crippen LogP contribution in [0.4, 0.5) is 24.5 Å². The number of benzene rings is 2. The Bertz CT molecular complexity index is 746. The van der Waals surface area contributed by atoms with E-state index < -0.39 is 20.2 Å². The number of anilines is 2. The maximum absolute atomic E-state index is 12.7. The summed E-state index contributed by atoms with van der Waals surface area (Å²) in [6, 6.07) is 11.5. The van der Waals surface area contributed by atoms with E-state index in [1.165, 1.54) is 12.1 Å². The van der Waals surface area contributed by atoms with E-state index in [-0.39, 0.29) is 10.7 Å². The summed E-state index contributed by atoms with van der Waals surface area (Å²) in [6.45, 7) is 0. The van der Waals surface area contributed by atoms with Crippen molar-refractivity contribution in [2.75, 3.05) is 5.32 Å². The Kier molecular flexibility index (Phi) is 4.15. The van der Waals surface area contributed by atoms with E-state index in [0.29, 0.717) is 5.69 Å². The van der Waals surface area contributed by atoms with Crippen molar-refractivity contribution in [3.05, 3.63) is 53.6 Å². The highest BCUT2D eigenvalue weighted by atomic mass is 35.5. The Hall–Kier alpha value is -1.73. The van der Waals surface area contributed by atoms with Gasteiger partial charge in [-0.2, -0.15) is 13.2 Å². The smallest absolute Gasteiger partial charge is 0.354 e. The van der Waals surface area contributed by atoms with Gasteiger partial charge in [-0.05, 0) is 30.3 Å². The molecule has 0 radical (unpaired) electrons. The van der Waals surface area contributed by atoms with Gasteiger partial charge in [-0.3, -0.25) is 0 Å². The van der Waals surface area contributed by atoms with E-state index >= 15 is 0 Å². The van der Waals surface area contributed by atoms with Gasteiger partial charge < -0.3 is 5.32 Å². The molecule has 0 heterocycles. The number of halogens is 4. The van der Waals surface area contributed by atoms with E-state index in [1.807, 2.05) is 0 Å². The molecule has 0 aliphatic rings. The first kappa shape index (κ1) is 15.7. The third-order valence-corrected chi connectivity index (χ3v) is 4.35. The molecule has 0 bridgehead atoms. The van der Waals surface area contributed by atoms with Gasteiger partial charge in [0.15, 0.2) is 0 Å². The molecule has 3 nitrogen and oxygen atoms in total. The SMILES string of the molecule is O=S(=O)(c1cc(Cl)ccc1Nc1ccccc1)C(F)(F)F. The van der Waals surface area contributed by atoms with Crippen LogP contribution in [0.15, 0.2) is 53.4 Å². The summed E-state index contributed by atoms with van der Waals surface area (Å²) in [5, 5.41) is 2.54. The fourth-order valence-corrected chi connectivity index (χ4v) is 2.80. The Balaban J connectivity index is 2.54. The van der Waals surface area contributed by atoms with Crippen LogP contribution in [0.3, 0.4) is 0 Å². The van der Waals surface area contributed by atoms with E-state index in [0.717, 1.165) is 6.07 Å². The van der Waals surface area contributed by atoms with Crippen molar-refractivity contribution in [1.82, 2.24) is 0 Å². The van der Waals surface area contributed by atoms with Crippen LogP contribution in [0.25, 0.3) is 0 Å². The Morgan fingerprint density at radius 2 is 1.62 bits per heavy atom. The minimum atomic E-state index is -5.50. The van der Waals surface area contributed by atoms with Crippen molar-refractivity contribution in [3.8, 4) is 0 Å². The van der Waals surface area contributed by atoms with Gasteiger partial charge in [0.1, 0.15) is 4.90 Å². The zero-order valence-electron chi connectivity index (χ0n) is 10.4. The lowest BCUT2D eigenvalue weighted by Crippen LogP contribution is -2.24. The number of hydrogen-bond donors (Lipinski definition) is 1. The number of nitrogens with one attached hydrogen (secondary N) is 1. The summed E-state index contributed by atoms with van der Waals surface area (Å²) >= 11 is 5.62. The van der Waals surface area contributed by atoms with Crippen molar-refractivity contribution in [2.24, 2.45) is 0 Å². The summed E-state index contributed by atoms with van der Waals surface area (Å²) in [5.74, 6) is 0. The normalized spacial score (nSPS) is 12.2. The molecule has 8 heteroatoms. The van der Waals surface area contributed by atoms with Crippen LogP contribution in [0.2, 0.25) is 5.02 Å². The van der Waals surface area contributed by atoms with Crippen LogP contribution < -0.4 is 5.32 Å². The van der Waals surface area contributed by atoms with E-state index in [9.17, 15) is 21.6 Å². The second kappa shape index (κ2) is 5.57. The zero-order valence-corrected chi connectivity index (χ0v) is 11.9. The monoisotopic (exact) mass is 335 g/mol. The van der Waals surface area contributed by atoms with Gasteiger partial charge in [0.2, 0.25) is 0 Å². The highest BCUT2D eigenvalue weighted by Gasteiger charge is 2.48. The first-order valence-corrected chi connectivity index (χ1v) is 7.51. The number of sulfone groups is 1. The van der Waals surface area contributed by atoms with Crippen molar-refractivity contribution in [3.63, 3.8) is 0 Å². The first-order chi connectivity index (χ1) is 9.72. The average Bonchev–Trinajstić information content (AvgIpc) is 2.40. The quantitative estimate of drug-likeness (QED) is 0.905. The average molecular weight is 336 g/mol. The number of hydrogen-bond acceptors (Lipinski definition) is 3. The Morgan fingerprint density at radius 1 is 1.00 bits per heavy atom. The summed E-state index contributed by atoms with van der Waals surface area (Å²) in [6.07, 6.45) is 0. The van der Waals surface area contributed by atoms with Gasteiger partial charge in [-0.1, -0.05) is 29.8 Å². The second-order valence-corrected chi connectivity index (χ2v) is 6.43. The summed E-state index contributed by atoms with van der Waals surface area (Å²) in [5.41, 5.74) is -5.13. The molecule has 21 heavy (non-hydrogen) atoms. The van der Waals surface area contributed by atoms with E-state index in [2.05, 4.69) is 5.32 Å². The predicted octanol–water partition coefficient (Wildman–Crippen LogP) is 4.38. The van der Waals surface area contributed by atoms with E-state index in [4.69, 9.17) is 11.6 Å². The van der Waals surface area contributed by atoms with Crippen LogP contribution >= 0.6 is 11.6 Å². The maximum atomic E-state index is 12.7. The molecule has 0 aliphatic carbocycles. The van der Waals surface area contributed by atoms with Crippen LogP contribution in [-0.2, 0) is 9.84 Å². The van der Waals surface area contributed by atoms with Crippen LogP contribution in [-0.4, -0.2) is 13.9 Å². The van der Waals surface area contributed by atoms with E-state index in [1.54, 1.807) is 30.3 Å². The third kappa shape index (κ3) is 3.30. The van der Waals surface area contributed by atoms with Crippen molar-refractivity contribution >= 4 is 32.8 Å². The molecule has 0 saturated carbocycles. The molecule has 2 aromatic rings. The van der Waals surface area contributed by atoms with Crippen molar-refractivity contribution in [2.45, 2.75) is 10.4 Å². The fourth-order valence-electron chi connectivity index (χ4n) is 1.62. The number of alkyl halides is 3. The molecule has 2 rings (SSSR count). The molecular formula is C13H9ClF3NO2S. The molecular weight excluding hydrogens is 327 g/mol. The molecule has 0 fully saturated rings. The third-order valence-electron chi connectivity index (χ3n) is 2.59. The van der Waals surface area contributed by atoms with Crippen molar-refractivity contribution < 1.29 is 21.6 Å². The lowest BCUT2D eigenvalue weighted by molar-refractivity contribution is -0.0435. The molecule has 0 unspecified atom stereocenters. The van der Waals surface area contributed by atoms with Gasteiger partial charge in [-0.25, -0.2) is 8.42 Å². The second-order valence-electron chi connectivity index (χ2n) is 4.08. The van der Waals surface area contributed by atoms with Gasteiger partial charge in [-0.15, -0.1) is 0 Å². The Labute approximate surface area is 124 Å². The fraction of sp³-hybridized carbons (Fsp3) is 0.0769. The molecule has 0 aromatic heterocycles. The van der Waals surface area contributed by atoms with Crippen LogP contribution in [0.5, 0.6) is 0 Å². The summed E-state index contributed by atoms with van der Waals surface area (Å²) in [7, 11) is -5.50. The molecule has 2 aromatic carbocycles. The van der Waals surface area contributed by atoms with Crippen LogP contribution in [0.1, 0.15) is 0 Å². The molecule has 0 atom stereocenters. The maximum Gasteiger partial charge on any atom is 0.501 e. The topological polar surface area (TPSA) is 46.2 Å². The number of para-hydroxylation sites is 1. The summed E-state index contributed by atoms with van der Waals surface area (Å²) < 4.78 is 61.3. The standard InChI is InChI=1S/C13H9ClF3NO2S/c14-9-6-7-11(18-10-4-2-1-3-5-10)12(8-9)21(19,20)13(15,16)17/h1-8,18H. The first-order valence-electron chi connectivity index (χ1n) is 5.65. The predicted molar refractivity (Wildman–Crippen MR) is 74.4 cm³/mol. The van der Waals surface area contributed by atoms with Gasteiger partial charge in [0, 0.05) is 10.7 Å². The molecule has 0 spiro atoms. The van der Waals surface area contributed by atoms with Gasteiger partial charge in [0.25, 0.3) is 9.84 Å². The highest BCUT2D eigenvalue weighted by molar-refractivity contribution is 7.92. The lowest BCUT2D eigenvalue weighted by Gasteiger charge is -2.14. The molecule has 0 aliphatic heterocycles. The zero-order chi connectivity index (χ0) is 15.7. The largest absolute Gasteiger partial charge is 0.501 e. The highest BCUT2D eigenvalue weighted by Crippen LogP contribution is 2.36. The lowest BCUT2D eigenvalue weighted by atomic mass is 10.2. The molecule has 0 saturated heterocycles. The molecule has 112 valence electrons. The minimum absolute atomic E-state index is 0.101. The van der Waals surface area contributed by atoms with Crippen molar-refractivity contribution in [1.29, 1.82) is 0 Å². The number of rotatable bonds is 3. The van der Waals surface area contributed by atoms with Gasteiger partial charge >= 0.3 is 5.51 Å². The Morgan fingerprint density at radius 3 is 2.19 bits per heavy atom. The molecule has 0 amide bonds. The summed E-state index contributed by atoms with van der Waals surface area (Å²) in [4.78, 5) is -0.911.